The van der Waals surface area contributed by atoms with Crippen molar-refractivity contribution in [2.45, 2.75) is 25.4 Å². The summed E-state index contributed by atoms with van der Waals surface area (Å²) in [7, 11) is 0. The number of allylic oxidation sites excluding steroid dienone is 1. The molecule has 0 amide bonds. The maximum absolute atomic E-state index is 9.74. The molecular weight excluding hydrogens is 207 g/mol. The monoisotopic (exact) mass is 218 g/mol. The highest BCUT2D eigenvalue weighted by atomic mass is 35.5. The van der Waals surface area contributed by atoms with Crippen molar-refractivity contribution < 1.29 is 5.11 Å². The van der Waals surface area contributed by atoms with E-state index < -0.39 is 0 Å². The molecule has 1 N–H and O–H groups in total. The molecule has 1 nitrogen and oxygen atoms in total. The van der Waals surface area contributed by atoms with Gasteiger partial charge in [-0.2, -0.15) is 0 Å². The summed E-state index contributed by atoms with van der Waals surface area (Å²) in [4.78, 5) is 0. The van der Waals surface area contributed by atoms with E-state index in [-0.39, 0.29) is 12.0 Å². The van der Waals surface area contributed by atoms with Gasteiger partial charge in [-0.15, -0.1) is 0 Å². The number of rotatable bonds is 0. The standard InChI is InChI=1S/C10H12Cl2O/c11-4-8-6-1-2-7(9(8)5-12)10(13)3-6/h4-7,10,13H,1-3H2/b8-4+,9-5+/t6-,7-,10+/m0/s1. The lowest BCUT2D eigenvalue weighted by atomic mass is 9.64. The quantitative estimate of drug-likeness (QED) is 0.663. The first-order valence-corrected chi connectivity index (χ1v) is 5.44. The van der Waals surface area contributed by atoms with Gasteiger partial charge in [0.1, 0.15) is 0 Å². The molecule has 0 heterocycles. The molecule has 3 fully saturated rings. The van der Waals surface area contributed by atoms with E-state index in [1.165, 1.54) is 0 Å². The van der Waals surface area contributed by atoms with Gasteiger partial charge < -0.3 is 5.11 Å². The van der Waals surface area contributed by atoms with Crippen LogP contribution in [0, 0.1) is 11.8 Å². The third kappa shape index (κ3) is 1.43. The molecule has 0 spiro atoms. The van der Waals surface area contributed by atoms with Crippen LogP contribution in [-0.4, -0.2) is 11.2 Å². The lowest BCUT2D eigenvalue weighted by molar-refractivity contribution is 0.0540. The maximum atomic E-state index is 9.74. The minimum Gasteiger partial charge on any atom is -0.392 e. The van der Waals surface area contributed by atoms with Crippen LogP contribution in [0.3, 0.4) is 0 Å². The van der Waals surface area contributed by atoms with Crippen molar-refractivity contribution in [2.24, 2.45) is 11.8 Å². The lowest BCUT2D eigenvalue weighted by Crippen LogP contribution is -2.38. The molecule has 72 valence electrons. The summed E-state index contributed by atoms with van der Waals surface area (Å²) in [6.45, 7) is 0. The van der Waals surface area contributed by atoms with Gasteiger partial charge in [0.05, 0.1) is 6.10 Å². The largest absolute Gasteiger partial charge is 0.392 e. The van der Waals surface area contributed by atoms with Crippen LogP contribution in [0.15, 0.2) is 22.2 Å². The Bertz CT molecular complexity index is 270. The van der Waals surface area contributed by atoms with Gasteiger partial charge in [0, 0.05) is 17.0 Å². The first-order chi connectivity index (χ1) is 6.27. The minimum atomic E-state index is -0.218. The molecule has 0 aromatic carbocycles. The van der Waals surface area contributed by atoms with Crippen LogP contribution in [0.25, 0.3) is 0 Å². The topological polar surface area (TPSA) is 20.2 Å². The zero-order chi connectivity index (χ0) is 9.42. The summed E-state index contributed by atoms with van der Waals surface area (Å²) in [6.07, 6.45) is 2.80. The summed E-state index contributed by atoms with van der Waals surface area (Å²) in [6, 6.07) is 0. The number of aliphatic hydroxyl groups is 1. The van der Waals surface area contributed by atoms with Gasteiger partial charge >= 0.3 is 0 Å². The number of hydrogen-bond acceptors (Lipinski definition) is 1. The molecule has 3 saturated carbocycles. The zero-order valence-electron chi connectivity index (χ0n) is 7.21. The molecule has 0 aromatic rings. The molecule has 3 atom stereocenters. The zero-order valence-corrected chi connectivity index (χ0v) is 8.72. The Balaban J connectivity index is 2.36. The number of fused-ring (bicyclic) bond motifs is 3. The van der Waals surface area contributed by atoms with Crippen molar-refractivity contribution in [3.05, 3.63) is 22.2 Å². The van der Waals surface area contributed by atoms with Gasteiger partial charge in [-0.25, -0.2) is 0 Å². The molecule has 3 heteroatoms. The summed E-state index contributed by atoms with van der Waals surface area (Å²) >= 11 is 11.5. The maximum Gasteiger partial charge on any atom is 0.0615 e. The molecule has 0 radical (unpaired) electrons. The van der Waals surface area contributed by atoms with E-state index in [0.29, 0.717) is 5.92 Å². The molecule has 0 aromatic heterocycles. The average Bonchev–Trinajstić information content (AvgIpc) is 2.17. The molecule has 0 saturated heterocycles. The number of halogens is 2. The summed E-state index contributed by atoms with van der Waals surface area (Å²) < 4.78 is 0. The van der Waals surface area contributed by atoms with Crippen molar-refractivity contribution >= 4 is 23.2 Å². The highest BCUT2D eigenvalue weighted by Gasteiger charge is 2.40. The first-order valence-electron chi connectivity index (χ1n) is 4.57. The van der Waals surface area contributed by atoms with Gasteiger partial charge in [0.2, 0.25) is 0 Å². The molecule has 0 unspecified atom stereocenters. The summed E-state index contributed by atoms with van der Waals surface area (Å²) in [5, 5.41) is 9.74. The summed E-state index contributed by atoms with van der Waals surface area (Å²) in [5.41, 5.74) is 5.38. The van der Waals surface area contributed by atoms with Gasteiger partial charge in [-0.05, 0) is 36.3 Å². The van der Waals surface area contributed by atoms with E-state index in [4.69, 9.17) is 23.2 Å². The number of aliphatic hydroxyl groups excluding tert-OH is 1. The van der Waals surface area contributed by atoms with E-state index in [9.17, 15) is 5.11 Å². The van der Waals surface area contributed by atoms with Crippen molar-refractivity contribution in [1.29, 1.82) is 0 Å². The SMILES string of the molecule is O[C@@H]1C[C@@H]2CC[C@H]1C(=C\Cl)/C2=C/Cl. The Morgan fingerprint density at radius 1 is 1.15 bits per heavy atom. The lowest BCUT2D eigenvalue weighted by Gasteiger charge is -2.43. The molecule has 2 bridgehead atoms. The third-order valence-electron chi connectivity index (χ3n) is 3.22. The van der Waals surface area contributed by atoms with Crippen LogP contribution < -0.4 is 0 Å². The molecule has 3 rings (SSSR count). The van der Waals surface area contributed by atoms with E-state index in [0.717, 1.165) is 30.4 Å². The minimum absolute atomic E-state index is 0.215. The van der Waals surface area contributed by atoms with Crippen molar-refractivity contribution in [3.63, 3.8) is 0 Å². The average molecular weight is 219 g/mol. The second-order valence-electron chi connectivity index (χ2n) is 3.81. The van der Waals surface area contributed by atoms with Crippen molar-refractivity contribution in [3.8, 4) is 0 Å². The fourth-order valence-corrected chi connectivity index (χ4v) is 3.13. The van der Waals surface area contributed by atoms with Crippen LogP contribution in [0.4, 0.5) is 0 Å². The molecule has 3 aliphatic carbocycles. The first kappa shape index (κ1) is 9.57. The highest BCUT2D eigenvalue weighted by Crippen LogP contribution is 2.48. The molecule has 13 heavy (non-hydrogen) atoms. The smallest absolute Gasteiger partial charge is 0.0615 e. The van der Waals surface area contributed by atoms with Gasteiger partial charge in [-0.3, -0.25) is 0 Å². The van der Waals surface area contributed by atoms with Gasteiger partial charge in [0.15, 0.2) is 0 Å². The fourth-order valence-electron chi connectivity index (χ4n) is 2.54. The van der Waals surface area contributed by atoms with Crippen molar-refractivity contribution in [2.75, 3.05) is 0 Å². The Kier molecular flexibility index (Phi) is 2.68. The van der Waals surface area contributed by atoms with Crippen molar-refractivity contribution in [1.82, 2.24) is 0 Å². The van der Waals surface area contributed by atoms with E-state index in [2.05, 4.69) is 0 Å². The predicted octanol–water partition coefficient (Wildman–Crippen LogP) is 3.02. The Morgan fingerprint density at radius 2 is 1.85 bits per heavy atom. The van der Waals surface area contributed by atoms with Crippen LogP contribution in [0.1, 0.15) is 19.3 Å². The van der Waals surface area contributed by atoms with Crippen LogP contribution >= 0.6 is 23.2 Å². The van der Waals surface area contributed by atoms with E-state index in [1.807, 2.05) is 0 Å². The molecular formula is C10H12Cl2O. The van der Waals surface area contributed by atoms with Crippen LogP contribution in [0.2, 0.25) is 0 Å². The number of hydrogen-bond donors (Lipinski definition) is 1. The van der Waals surface area contributed by atoms with Crippen LogP contribution in [0.5, 0.6) is 0 Å². The van der Waals surface area contributed by atoms with Crippen LogP contribution in [-0.2, 0) is 0 Å². The second kappa shape index (κ2) is 3.64. The second-order valence-corrected chi connectivity index (χ2v) is 4.25. The third-order valence-corrected chi connectivity index (χ3v) is 3.69. The summed E-state index contributed by atoms with van der Waals surface area (Å²) in [5.74, 6) is 0.634. The highest BCUT2D eigenvalue weighted by molar-refractivity contribution is 6.27. The van der Waals surface area contributed by atoms with E-state index >= 15 is 0 Å². The Morgan fingerprint density at radius 3 is 2.38 bits per heavy atom. The predicted molar refractivity (Wildman–Crippen MR) is 54.7 cm³/mol. The van der Waals surface area contributed by atoms with Gasteiger partial charge in [0.25, 0.3) is 0 Å². The Labute approximate surface area is 88.0 Å². The van der Waals surface area contributed by atoms with E-state index in [1.54, 1.807) is 11.1 Å². The molecule has 3 aliphatic rings. The Hall–Kier alpha value is 0.0200. The molecule has 0 aliphatic heterocycles. The van der Waals surface area contributed by atoms with Gasteiger partial charge in [-0.1, -0.05) is 23.2 Å². The fraction of sp³-hybridized carbons (Fsp3) is 0.600. The normalized spacial score (nSPS) is 44.7.